The second-order valence-corrected chi connectivity index (χ2v) is 5.94. The first-order chi connectivity index (χ1) is 9.97. The van der Waals surface area contributed by atoms with E-state index in [4.69, 9.17) is 0 Å². The molecule has 0 bridgehead atoms. The van der Waals surface area contributed by atoms with Crippen LogP contribution in [0.3, 0.4) is 0 Å². The molecule has 0 unspecified atom stereocenters. The van der Waals surface area contributed by atoms with Crippen molar-refractivity contribution in [3.05, 3.63) is 16.6 Å². The number of halogens is 3. The van der Waals surface area contributed by atoms with Crippen LogP contribution in [0.5, 0.6) is 0 Å². The molecule has 0 spiro atoms. The minimum Gasteiger partial charge on any atom is -0.333 e. The average Bonchev–Trinajstić information content (AvgIpc) is 2.96. The van der Waals surface area contributed by atoms with Crippen LogP contribution >= 0.6 is 11.3 Å². The molecule has 1 aliphatic rings. The van der Waals surface area contributed by atoms with Gasteiger partial charge in [-0.25, -0.2) is 4.98 Å². The molecular weight excluding hydrogens is 303 g/mol. The molecule has 2 rings (SSSR count). The third-order valence-electron chi connectivity index (χ3n) is 3.40. The largest absolute Gasteiger partial charge is 0.401 e. The van der Waals surface area contributed by atoms with Crippen molar-refractivity contribution in [3.8, 4) is 0 Å². The number of hydrogen-bond donors (Lipinski definition) is 1. The molecule has 4 nitrogen and oxygen atoms in total. The molecule has 0 saturated carbocycles. The molecule has 1 fully saturated rings. The SMILES string of the molecule is O=C(CCNCC(F)(F)F)N1CCCC[C@@H]1c1nccs1. The number of thiazole rings is 1. The van der Waals surface area contributed by atoms with Gasteiger partial charge in [-0.1, -0.05) is 0 Å². The number of nitrogens with one attached hydrogen (secondary N) is 1. The third kappa shape index (κ3) is 4.96. The van der Waals surface area contributed by atoms with Gasteiger partial charge in [0.1, 0.15) is 5.01 Å². The summed E-state index contributed by atoms with van der Waals surface area (Å²) in [5.41, 5.74) is 0. The third-order valence-corrected chi connectivity index (χ3v) is 4.28. The van der Waals surface area contributed by atoms with Crippen LogP contribution in [-0.4, -0.2) is 41.6 Å². The lowest BCUT2D eigenvalue weighted by atomic mass is 10.0. The molecule has 1 aromatic rings. The van der Waals surface area contributed by atoms with E-state index in [1.54, 1.807) is 11.1 Å². The van der Waals surface area contributed by atoms with Gasteiger partial charge in [0.2, 0.25) is 5.91 Å². The number of alkyl halides is 3. The fourth-order valence-corrected chi connectivity index (χ4v) is 3.24. The maximum atomic E-state index is 12.2. The Bertz CT molecular complexity index is 450. The van der Waals surface area contributed by atoms with Crippen molar-refractivity contribution in [2.24, 2.45) is 0 Å². The average molecular weight is 321 g/mol. The summed E-state index contributed by atoms with van der Waals surface area (Å²) in [6, 6.07) is -0.0196. The maximum absolute atomic E-state index is 12.2. The summed E-state index contributed by atoms with van der Waals surface area (Å²) >= 11 is 1.51. The second-order valence-electron chi connectivity index (χ2n) is 5.01. The molecule has 8 heteroatoms. The molecule has 1 aliphatic heterocycles. The monoisotopic (exact) mass is 321 g/mol. The van der Waals surface area contributed by atoms with Gasteiger partial charge in [0.15, 0.2) is 0 Å². The highest BCUT2D eigenvalue weighted by Gasteiger charge is 2.30. The van der Waals surface area contributed by atoms with E-state index in [2.05, 4.69) is 10.3 Å². The molecule has 1 N–H and O–H groups in total. The van der Waals surface area contributed by atoms with Crippen molar-refractivity contribution in [2.45, 2.75) is 37.9 Å². The normalized spacial score (nSPS) is 19.8. The zero-order chi connectivity index (χ0) is 15.3. The fraction of sp³-hybridized carbons (Fsp3) is 0.692. The summed E-state index contributed by atoms with van der Waals surface area (Å²) in [5, 5.41) is 5.04. The van der Waals surface area contributed by atoms with Crippen LogP contribution in [-0.2, 0) is 4.79 Å². The number of piperidine rings is 1. The smallest absolute Gasteiger partial charge is 0.333 e. The standard InChI is InChI=1S/C13H18F3N3OS/c14-13(15,16)9-17-5-4-11(20)19-7-2-1-3-10(19)12-18-6-8-21-12/h6,8,10,17H,1-5,7,9H2/t10-/m1/s1. The van der Waals surface area contributed by atoms with Gasteiger partial charge < -0.3 is 10.2 Å². The summed E-state index contributed by atoms with van der Waals surface area (Å²) in [4.78, 5) is 18.2. The van der Waals surface area contributed by atoms with Crippen molar-refractivity contribution in [1.29, 1.82) is 0 Å². The molecule has 0 aliphatic carbocycles. The number of amides is 1. The van der Waals surface area contributed by atoms with Gasteiger partial charge in [-0.05, 0) is 19.3 Å². The zero-order valence-electron chi connectivity index (χ0n) is 11.5. The van der Waals surface area contributed by atoms with Crippen LogP contribution < -0.4 is 5.32 Å². The highest BCUT2D eigenvalue weighted by molar-refractivity contribution is 7.09. The minimum absolute atomic E-state index is 0.0196. The molecule has 1 atom stereocenters. The topological polar surface area (TPSA) is 45.2 Å². The predicted molar refractivity (Wildman–Crippen MR) is 74.0 cm³/mol. The summed E-state index contributed by atoms with van der Waals surface area (Å²) in [6.45, 7) is -0.363. The van der Waals surface area contributed by atoms with Crippen LogP contribution in [0.2, 0.25) is 0 Å². The Hall–Kier alpha value is -1.15. The number of carbonyl (C=O) groups excluding carboxylic acids is 1. The van der Waals surface area contributed by atoms with Gasteiger partial charge >= 0.3 is 6.18 Å². The van der Waals surface area contributed by atoms with Crippen LogP contribution in [0, 0.1) is 0 Å². The molecule has 1 aromatic heterocycles. The van der Waals surface area contributed by atoms with Gasteiger partial charge in [0.25, 0.3) is 0 Å². The molecular formula is C13H18F3N3OS. The predicted octanol–water partition coefficient (Wildman–Crippen LogP) is 2.74. The van der Waals surface area contributed by atoms with Crippen LogP contribution in [0.4, 0.5) is 13.2 Å². The molecule has 0 aromatic carbocycles. The van der Waals surface area contributed by atoms with E-state index in [0.29, 0.717) is 6.54 Å². The first kappa shape index (κ1) is 16.2. The molecule has 118 valence electrons. The van der Waals surface area contributed by atoms with E-state index < -0.39 is 12.7 Å². The van der Waals surface area contributed by atoms with Gasteiger partial charge in [0, 0.05) is 31.1 Å². The molecule has 21 heavy (non-hydrogen) atoms. The van der Waals surface area contributed by atoms with E-state index in [1.807, 2.05) is 5.38 Å². The van der Waals surface area contributed by atoms with Crippen LogP contribution in [0.1, 0.15) is 36.7 Å². The van der Waals surface area contributed by atoms with Crippen LogP contribution in [0.15, 0.2) is 11.6 Å². The van der Waals surface area contributed by atoms with Gasteiger partial charge in [0.05, 0.1) is 12.6 Å². The van der Waals surface area contributed by atoms with Gasteiger partial charge in [-0.3, -0.25) is 4.79 Å². The van der Waals surface area contributed by atoms with E-state index in [9.17, 15) is 18.0 Å². The van der Waals surface area contributed by atoms with Gasteiger partial charge in [-0.15, -0.1) is 11.3 Å². The Morgan fingerprint density at radius 2 is 2.29 bits per heavy atom. The number of hydrogen-bond acceptors (Lipinski definition) is 4. The summed E-state index contributed by atoms with van der Waals surface area (Å²) in [5.74, 6) is -0.107. The van der Waals surface area contributed by atoms with E-state index >= 15 is 0 Å². The molecule has 1 saturated heterocycles. The van der Waals surface area contributed by atoms with Gasteiger partial charge in [-0.2, -0.15) is 13.2 Å². The quantitative estimate of drug-likeness (QED) is 0.848. The van der Waals surface area contributed by atoms with Crippen molar-refractivity contribution in [2.75, 3.05) is 19.6 Å². The molecule has 2 heterocycles. The first-order valence-electron chi connectivity index (χ1n) is 6.94. The maximum Gasteiger partial charge on any atom is 0.401 e. The Labute approximate surface area is 125 Å². The zero-order valence-corrected chi connectivity index (χ0v) is 12.3. The highest BCUT2D eigenvalue weighted by atomic mass is 32.1. The lowest BCUT2D eigenvalue weighted by Gasteiger charge is -2.34. The van der Waals surface area contributed by atoms with E-state index in [0.717, 1.165) is 24.3 Å². The Balaban J connectivity index is 1.85. The van der Waals surface area contributed by atoms with Crippen molar-refractivity contribution < 1.29 is 18.0 Å². The summed E-state index contributed by atoms with van der Waals surface area (Å²) in [7, 11) is 0. The molecule has 0 radical (unpaired) electrons. The first-order valence-corrected chi connectivity index (χ1v) is 7.81. The fourth-order valence-electron chi connectivity index (χ4n) is 2.45. The number of aromatic nitrogens is 1. The van der Waals surface area contributed by atoms with Crippen molar-refractivity contribution in [1.82, 2.24) is 15.2 Å². The number of rotatable bonds is 5. The Kier molecular flexibility index (Phi) is 5.58. The molecule has 1 amide bonds. The van der Waals surface area contributed by atoms with Crippen LogP contribution in [0.25, 0.3) is 0 Å². The summed E-state index contributed by atoms with van der Waals surface area (Å²) in [6.07, 6.45) is 0.400. The highest BCUT2D eigenvalue weighted by Crippen LogP contribution is 2.32. The second kappa shape index (κ2) is 7.22. The Morgan fingerprint density at radius 3 is 2.95 bits per heavy atom. The van der Waals surface area contributed by atoms with E-state index in [1.165, 1.54) is 11.3 Å². The van der Waals surface area contributed by atoms with Crippen molar-refractivity contribution >= 4 is 17.2 Å². The summed E-state index contributed by atoms with van der Waals surface area (Å²) < 4.78 is 36.1. The minimum atomic E-state index is -4.24. The lowest BCUT2D eigenvalue weighted by molar-refractivity contribution is -0.136. The van der Waals surface area contributed by atoms with Crippen molar-refractivity contribution in [3.63, 3.8) is 0 Å². The number of carbonyl (C=O) groups is 1. The van der Waals surface area contributed by atoms with E-state index in [-0.39, 0.29) is 24.9 Å². The number of nitrogens with zero attached hydrogens (tertiary/aromatic N) is 2. The number of likely N-dealkylation sites (tertiary alicyclic amines) is 1. The lowest BCUT2D eigenvalue weighted by Crippen LogP contribution is -2.40. The Morgan fingerprint density at radius 1 is 1.48 bits per heavy atom.